The number of ether oxygens (including phenoxy) is 2. The second-order valence-corrected chi connectivity index (χ2v) is 8.08. The van der Waals surface area contributed by atoms with Crippen molar-refractivity contribution in [2.75, 3.05) is 20.3 Å². The predicted octanol–water partition coefficient (Wildman–Crippen LogP) is 4.33. The van der Waals surface area contributed by atoms with E-state index in [2.05, 4.69) is 11.4 Å². The first kappa shape index (κ1) is 25.2. The van der Waals surface area contributed by atoms with Crippen LogP contribution in [-0.4, -0.2) is 43.0 Å². The number of benzene rings is 2. The lowest BCUT2D eigenvalue weighted by molar-refractivity contribution is -0.143. The van der Waals surface area contributed by atoms with Crippen LogP contribution in [0.2, 0.25) is 0 Å². The Labute approximate surface area is 191 Å². The highest BCUT2D eigenvalue weighted by Gasteiger charge is 2.29. The molecule has 32 heavy (non-hydrogen) atoms. The molecule has 0 aliphatic carbocycles. The van der Waals surface area contributed by atoms with E-state index in [4.69, 9.17) is 9.47 Å². The number of amides is 2. The molecular weight excluding hydrogens is 404 g/mol. The largest absolute Gasteiger partial charge is 0.497 e. The molecule has 0 saturated carbocycles. The standard InChI is InChI=1S/C26H36N2O4/c1-7-13-27-26(30)23(8-2)28(16-21-9-11-22(31-6)12-10-21)25(29)17-32-24-15-18(3)14-19(4)20(24)5/h9-12,14-15,23H,7-8,13,16-17H2,1-6H3,(H,27,30)/t23-/m0/s1. The second kappa shape index (κ2) is 12.1. The Morgan fingerprint density at radius 2 is 1.75 bits per heavy atom. The van der Waals surface area contributed by atoms with Crippen LogP contribution < -0.4 is 14.8 Å². The molecule has 0 unspecified atom stereocenters. The summed E-state index contributed by atoms with van der Waals surface area (Å²) in [5.41, 5.74) is 4.13. The Kier molecular flexibility index (Phi) is 9.57. The predicted molar refractivity (Wildman–Crippen MR) is 127 cm³/mol. The van der Waals surface area contributed by atoms with E-state index in [0.29, 0.717) is 25.3 Å². The molecule has 0 bridgehead atoms. The van der Waals surface area contributed by atoms with Gasteiger partial charge in [0, 0.05) is 13.1 Å². The number of carbonyl (C=O) groups excluding carboxylic acids is 2. The molecule has 2 aromatic rings. The third-order valence-corrected chi connectivity index (χ3v) is 5.56. The maximum Gasteiger partial charge on any atom is 0.261 e. The summed E-state index contributed by atoms with van der Waals surface area (Å²) in [5, 5.41) is 2.93. The number of nitrogens with zero attached hydrogens (tertiary/aromatic N) is 1. The molecule has 0 aliphatic rings. The van der Waals surface area contributed by atoms with Crippen LogP contribution in [0.4, 0.5) is 0 Å². The van der Waals surface area contributed by atoms with Gasteiger partial charge in [0.05, 0.1) is 7.11 Å². The van der Waals surface area contributed by atoms with Gasteiger partial charge in [-0.05, 0) is 74.1 Å². The third-order valence-electron chi connectivity index (χ3n) is 5.56. The van der Waals surface area contributed by atoms with Gasteiger partial charge in [-0.3, -0.25) is 9.59 Å². The van der Waals surface area contributed by atoms with Crippen molar-refractivity contribution < 1.29 is 19.1 Å². The van der Waals surface area contributed by atoms with E-state index >= 15 is 0 Å². The monoisotopic (exact) mass is 440 g/mol. The van der Waals surface area contributed by atoms with Gasteiger partial charge in [0.1, 0.15) is 17.5 Å². The number of methoxy groups -OCH3 is 1. The molecular formula is C26H36N2O4. The first-order valence-electron chi connectivity index (χ1n) is 11.2. The second-order valence-electron chi connectivity index (χ2n) is 8.08. The summed E-state index contributed by atoms with van der Waals surface area (Å²) in [5.74, 6) is 1.08. The van der Waals surface area contributed by atoms with Crippen molar-refractivity contribution in [3.05, 3.63) is 58.7 Å². The average molecular weight is 441 g/mol. The van der Waals surface area contributed by atoms with Crippen LogP contribution in [0.15, 0.2) is 36.4 Å². The molecule has 0 radical (unpaired) electrons. The van der Waals surface area contributed by atoms with Crippen LogP contribution in [0.3, 0.4) is 0 Å². The maximum atomic E-state index is 13.3. The fourth-order valence-electron chi connectivity index (χ4n) is 3.59. The lowest BCUT2D eigenvalue weighted by Gasteiger charge is -2.30. The molecule has 0 heterocycles. The average Bonchev–Trinajstić information content (AvgIpc) is 2.79. The van der Waals surface area contributed by atoms with Crippen molar-refractivity contribution in [1.82, 2.24) is 10.2 Å². The SMILES string of the molecule is CCCNC(=O)[C@H](CC)N(Cc1ccc(OC)cc1)C(=O)COc1cc(C)cc(C)c1C. The van der Waals surface area contributed by atoms with Gasteiger partial charge in [-0.15, -0.1) is 0 Å². The first-order chi connectivity index (χ1) is 15.3. The van der Waals surface area contributed by atoms with E-state index in [1.807, 2.05) is 65.0 Å². The zero-order valence-electron chi connectivity index (χ0n) is 20.2. The van der Waals surface area contributed by atoms with Crippen molar-refractivity contribution in [2.45, 2.75) is 60.0 Å². The maximum absolute atomic E-state index is 13.3. The van der Waals surface area contributed by atoms with E-state index in [9.17, 15) is 9.59 Å². The molecule has 0 aliphatic heterocycles. The minimum Gasteiger partial charge on any atom is -0.497 e. The lowest BCUT2D eigenvalue weighted by Crippen LogP contribution is -2.50. The molecule has 0 fully saturated rings. The highest BCUT2D eigenvalue weighted by Crippen LogP contribution is 2.24. The zero-order valence-corrected chi connectivity index (χ0v) is 20.2. The topological polar surface area (TPSA) is 67.9 Å². The summed E-state index contributed by atoms with van der Waals surface area (Å²) in [6, 6.07) is 11.0. The minimum absolute atomic E-state index is 0.128. The van der Waals surface area contributed by atoms with Gasteiger partial charge < -0.3 is 19.7 Å². The van der Waals surface area contributed by atoms with Gasteiger partial charge >= 0.3 is 0 Å². The highest BCUT2D eigenvalue weighted by atomic mass is 16.5. The zero-order chi connectivity index (χ0) is 23.7. The van der Waals surface area contributed by atoms with Crippen molar-refractivity contribution >= 4 is 11.8 Å². The fourth-order valence-corrected chi connectivity index (χ4v) is 3.59. The molecule has 1 N–H and O–H groups in total. The van der Waals surface area contributed by atoms with Crippen LogP contribution in [0.1, 0.15) is 48.9 Å². The fraction of sp³-hybridized carbons (Fsp3) is 0.462. The van der Waals surface area contributed by atoms with Crippen molar-refractivity contribution in [3.8, 4) is 11.5 Å². The van der Waals surface area contributed by atoms with Crippen LogP contribution in [0.25, 0.3) is 0 Å². The molecule has 2 rings (SSSR count). The Morgan fingerprint density at radius 1 is 1.06 bits per heavy atom. The van der Waals surface area contributed by atoms with E-state index in [-0.39, 0.29) is 18.4 Å². The van der Waals surface area contributed by atoms with E-state index in [0.717, 1.165) is 34.4 Å². The van der Waals surface area contributed by atoms with Gasteiger partial charge in [-0.2, -0.15) is 0 Å². The Bertz CT molecular complexity index is 909. The molecule has 1 atom stereocenters. The summed E-state index contributed by atoms with van der Waals surface area (Å²) < 4.78 is 11.2. The van der Waals surface area contributed by atoms with Crippen LogP contribution in [0, 0.1) is 20.8 Å². The molecule has 6 nitrogen and oxygen atoms in total. The number of aryl methyl sites for hydroxylation is 2. The molecule has 0 saturated heterocycles. The summed E-state index contributed by atoms with van der Waals surface area (Å²) in [4.78, 5) is 27.7. The first-order valence-corrected chi connectivity index (χ1v) is 11.2. The van der Waals surface area contributed by atoms with E-state index in [1.165, 1.54) is 0 Å². The highest BCUT2D eigenvalue weighted by molar-refractivity contribution is 5.88. The number of nitrogens with one attached hydrogen (secondary N) is 1. The van der Waals surface area contributed by atoms with E-state index in [1.54, 1.807) is 12.0 Å². The minimum atomic E-state index is -0.569. The van der Waals surface area contributed by atoms with Crippen molar-refractivity contribution in [3.63, 3.8) is 0 Å². The van der Waals surface area contributed by atoms with Crippen LogP contribution in [-0.2, 0) is 16.1 Å². The van der Waals surface area contributed by atoms with Gasteiger partial charge in [-0.1, -0.05) is 32.0 Å². The van der Waals surface area contributed by atoms with E-state index < -0.39 is 6.04 Å². The Morgan fingerprint density at radius 3 is 2.34 bits per heavy atom. The summed E-state index contributed by atoms with van der Waals surface area (Å²) in [6.07, 6.45) is 1.35. The Balaban J connectivity index is 2.24. The number of hydrogen-bond donors (Lipinski definition) is 1. The summed E-state index contributed by atoms with van der Waals surface area (Å²) in [6.45, 7) is 10.7. The van der Waals surface area contributed by atoms with Gasteiger partial charge in [-0.25, -0.2) is 0 Å². The van der Waals surface area contributed by atoms with Gasteiger partial charge in [0.25, 0.3) is 5.91 Å². The third kappa shape index (κ3) is 6.74. The Hall–Kier alpha value is -3.02. The van der Waals surface area contributed by atoms with Gasteiger partial charge in [0.2, 0.25) is 5.91 Å². The van der Waals surface area contributed by atoms with Gasteiger partial charge in [0.15, 0.2) is 6.61 Å². The lowest BCUT2D eigenvalue weighted by atomic mass is 10.1. The normalized spacial score (nSPS) is 11.6. The van der Waals surface area contributed by atoms with Crippen LogP contribution in [0.5, 0.6) is 11.5 Å². The summed E-state index contributed by atoms with van der Waals surface area (Å²) in [7, 11) is 1.61. The van der Waals surface area contributed by atoms with Crippen molar-refractivity contribution in [1.29, 1.82) is 0 Å². The molecule has 0 spiro atoms. The molecule has 174 valence electrons. The number of carbonyl (C=O) groups is 2. The molecule has 2 aromatic carbocycles. The summed E-state index contributed by atoms with van der Waals surface area (Å²) >= 11 is 0. The molecule has 6 heteroatoms. The molecule has 0 aromatic heterocycles. The van der Waals surface area contributed by atoms with Crippen molar-refractivity contribution in [2.24, 2.45) is 0 Å². The number of rotatable bonds is 11. The number of hydrogen-bond acceptors (Lipinski definition) is 4. The quantitative estimate of drug-likeness (QED) is 0.565. The smallest absolute Gasteiger partial charge is 0.261 e. The van der Waals surface area contributed by atoms with Crippen LogP contribution >= 0.6 is 0 Å². The molecule has 2 amide bonds.